The van der Waals surface area contributed by atoms with Gasteiger partial charge in [0.05, 0.1) is 17.6 Å². The molecule has 1 aliphatic rings. The Kier molecular flexibility index (Phi) is 5.01. The normalized spacial score (nSPS) is 14.4. The number of rotatable bonds is 4. The van der Waals surface area contributed by atoms with Gasteiger partial charge in [0.25, 0.3) is 5.69 Å². The van der Waals surface area contributed by atoms with Gasteiger partial charge in [-0.2, -0.15) is 0 Å². The number of aliphatic imine (C=N–C) groups is 1. The minimum Gasteiger partial charge on any atom is -0.507 e. The highest BCUT2D eigenvalue weighted by atomic mass is 32.1. The van der Waals surface area contributed by atoms with Crippen LogP contribution in [0.4, 0.5) is 10.7 Å². The van der Waals surface area contributed by atoms with E-state index in [0.717, 1.165) is 30.0 Å². The maximum atomic E-state index is 12.2. The predicted octanol–water partition coefficient (Wildman–Crippen LogP) is 2.89. The van der Waals surface area contributed by atoms with Gasteiger partial charge in [0.1, 0.15) is 10.8 Å². The fourth-order valence-corrected chi connectivity index (χ4v) is 4.07. The molecule has 26 heavy (non-hydrogen) atoms. The van der Waals surface area contributed by atoms with E-state index in [4.69, 9.17) is 4.74 Å². The third kappa shape index (κ3) is 3.44. The van der Waals surface area contributed by atoms with E-state index in [1.807, 2.05) is 7.05 Å². The van der Waals surface area contributed by atoms with Gasteiger partial charge in [0, 0.05) is 41.9 Å². The Balaban J connectivity index is 2.02. The van der Waals surface area contributed by atoms with Crippen LogP contribution < -0.4 is 0 Å². The maximum absolute atomic E-state index is 12.2. The molecule has 2 aromatic rings. The zero-order chi connectivity index (χ0) is 18.8. The van der Waals surface area contributed by atoms with Gasteiger partial charge in [0.15, 0.2) is 0 Å². The lowest BCUT2D eigenvalue weighted by molar-refractivity contribution is -0.384. The number of nitro benzene ring substituents is 1. The van der Waals surface area contributed by atoms with Gasteiger partial charge in [-0.3, -0.25) is 10.1 Å². The van der Waals surface area contributed by atoms with E-state index in [1.54, 1.807) is 0 Å². The SMILES string of the molecule is COC(=O)c1c(N=Cc2cc([N+](=O)[O-])ccc2O)sc2c1CCN(C)C2. The van der Waals surface area contributed by atoms with E-state index in [9.17, 15) is 20.0 Å². The Hall–Kier alpha value is -2.78. The van der Waals surface area contributed by atoms with Crippen LogP contribution in [0, 0.1) is 10.1 Å². The molecule has 1 aromatic carbocycles. The second kappa shape index (κ2) is 7.22. The van der Waals surface area contributed by atoms with Gasteiger partial charge in [-0.1, -0.05) is 0 Å². The number of hydrogen-bond donors (Lipinski definition) is 1. The van der Waals surface area contributed by atoms with Crippen LogP contribution in [0.25, 0.3) is 0 Å². The van der Waals surface area contributed by atoms with E-state index in [1.165, 1.54) is 42.9 Å². The minimum absolute atomic E-state index is 0.125. The molecule has 0 bridgehead atoms. The number of phenols is 1. The monoisotopic (exact) mass is 375 g/mol. The molecule has 0 atom stereocenters. The Morgan fingerprint density at radius 3 is 2.96 bits per heavy atom. The Labute approximate surface area is 153 Å². The number of esters is 1. The fourth-order valence-electron chi connectivity index (χ4n) is 2.81. The first-order chi connectivity index (χ1) is 12.4. The topological polar surface area (TPSA) is 105 Å². The first-order valence-corrected chi connectivity index (χ1v) is 8.65. The molecule has 136 valence electrons. The van der Waals surface area contributed by atoms with Crippen molar-refractivity contribution in [1.29, 1.82) is 0 Å². The van der Waals surface area contributed by atoms with Gasteiger partial charge < -0.3 is 14.7 Å². The smallest absolute Gasteiger partial charge is 0.341 e. The molecule has 2 heterocycles. The number of nitrogens with zero attached hydrogens (tertiary/aromatic N) is 3. The highest BCUT2D eigenvalue weighted by molar-refractivity contribution is 7.16. The summed E-state index contributed by atoms with van der Waals surface area (Å²) in [6.07, 6.45) is 2.06. The number of fused-ring (bicyclic) bond motifs is 1. The maximum Gasteiger partial charge on any atom is 0.341 e. The van der Waals surface area contributed by atoms with Crippen molar-refractivity contribution in [3.05, 3.63) is 49.9 Å². The highest BCUT2D eigenvalue weighted by Crippen LogP contribution is 2.39. The molecule has 1 aromatic heterocycles. The molecular formula is C17H17N3O5S. The zero-order valence-corrected chi connectivity index (χ0v) is 15.1. The van der Waals surface area contributed by atoms with Crippen molar-refractivity contribution in [3.63, 3.8) is 0 Å². The van der Waals surface area contributed by atoms with Crippen molar-refractivity contribution in [1.82, 2.24) is 4.90 Å². The molecule has 0 saturated carbocycles. The van der Waals surface area contributed by atoms with E-state index < -0.39 is 10.9 Å². The van der Waals surface area contributed by atoms with Crippen molar-refractivity contribution in [2.75, 3.05) is 20.7 Å². The second-order valence-electron chi connectivity index (χ2n) is 5.92. The summed E-state index contributed by atoms with van der Waals surface area (Å²) in [6, 6.07) is 3.69. The lowest BCUT2D eigenvalue weighted by Crippen LogP contribution is -2.26. The van der Waals surface area contributed by atoms with Crippen LogP contribution in [-0.4, -0.2) is 47.8 Å². The van der Waals surface area contributed by atoms with Crippen LogP contribution in [0.5, 0.6) is 5.75 Å². The van der Waals surface area contributed by atoms with E-state index in [0.29, 0.717) is 10.6 Å². The number of aromatic hydroxyl groups is 1. The molecule has 0 unspecified atom stereocenters. The van der Waals surface area contributed by atoms with Gasteiger partial charge in [0.2, 0.25) is 0 Å². The molecular weight excluding hydrogens is 358 g/mol. The van der Waals surface area contributed by atoms with Crippen LogP contribution in [0.3, 0.4) is 0 Å². The molecule has 0 aliphatic carbocycles. The average molecular weight is 375 g/mol. The lowest BCUT2D eigenvalue weighted by atomic mass is 10.0. The third-order valence-corrected chi connectivity index (χ3v) is 5.29. The number of carbonyl (C=O) groups excluding carboxylic acids is 1. The second-order valence-corrected chi connectivity index (χ2v) is 7.01. The number of thiophene rings is 1. The quantitative estimate of drug-likeness (QED) is 0.381. The molecule has 3 rings (SSSR count). The van der Waals surface area contributed by atoms with Gasteiger partial charge in [-0.15, -0.1) is 11.3 Å². The molecule has 0 fully saturated rings. The summed E-state index contributed by atoms with van der Waals surface area (Å²) in [5.74, 6) is -0.581. The number of benzene rings is 1. The van der Waals surface area contributed by atoms with Crippen LogP contribution in [0.1, 0.15) is 26.4 Å². The van der Waals surface area contributed by atoms with E-state index >= 15 is 0 Å². The van der Waals surface area contributed by atoms with Crippen molar-refractivity contribution < 1.29 is 19.6 Å². The van der Waals surface area contributed by atoms with Gasteiger partial charge in [-0.25, -0.2) is 9.79 Å². The summed E-state index contributed by atoms with van der Waals surface area (Å²) in [7, 11) is 3.33. The number of carbonyl (C=O) groups is 1. The van der Waals surface area contributed by atoms with Crippen molar-refractivity contribution in [2.45, 2.75) is 13.0 Å². The minimum atomic E-state index is -0.545. The summed E-state index contributed by atoms with van der Waals surface area (Å²) in [5.41, 5.74) is 1.43. The van der Waals surface area contributed by atoms with Crippen LogP contribution in [0.15, 0.2) is 23.2 Å². The number of hydrogen-bond acceptors (Lipinski definition) is 8. The summed E-state index contributed by atoms with van der Waals surface area (Å²) >= 11 is 1.39. The Morgan fingerprint density at radius 1 is 1.50 bits per heavy atom. The molecule has 0 amide bonds. The molecule has 0 saturated heterocycles. The van der Waals surface area contributed by atoms with Gasteiger partial charge >= 0.3 is 5.97 Å². The number of phenolic OH excluding ortho intramolecular Hbond substituents is 1. The molecule has 1 N–H and O–H groups in total. The highest BCUT2D eigenvalue weighted by Gasteiger charge is 2.27. The van der Waals surface area contributed by atoms with Crippen LogP contribution in [-0.2, 0) is 17.7 Å². The first-order valence-electron chi connectivity index (χ1n) is 7.83. The standard InChI is InChI=1S/C17H17N3O5S/c1-19-6-5-12-14(9-19)26-16(15(12)17(22)25-2)18-8-10-7-11(20(23)24)3-4-13(10)21/h3-4,7-8,21H,5-6,9H2,1-2H3. The predicted molar refractivity (Wildman–Crippen MR) is 97.7 cm³/mol. The van der Waals surface area contributed by atoms with Crippen molar-refractivity contribution >= 4 is 34.2 Å². The molecule has 0 spiro atoms. The summed E-state index contributed by atoms with van der Waals surface area (Å²) in [6.45, 7) is 1.56. The Morgan fingerprint density at radius 2 is 2.27 bits per heavy atom. The molecule has 8 nitrogen and oxygen atoms in total. The van der Waals surface area contributed by atoms with Gasteiger partial charge in [-0.05, 0) is 25.1 Å². The number of non-ortho nitro benzene ring substituents is 1. The van der Waals surface area contributed by atoms with Crippen LogP contribution in [0.2, 0.25) is 0 Å². The number of nitro groups is 1. The zero-order valence-electron chi connectivity index (χ0n) is 14.3. The summed E-state index contributed by atoms with van der Waals surface area (Å²) in [4.78, 5) is 30.1. The third-order valence-electron chi connectivity index (χ3n) is 4.16. The average Bonchev–Trinajstić information content (AvgIpc) is 2.97. The largest absolute Gasteiger partial charge is 0.507 e. The van der Waals surface area contributed by atoms with Crippen LogP contribution >= 0.6 is 11.3 Å². The summed E-state index contributed by atoms with van der Waals surface area (Å²) < 4.78 is 4.90. The number of likely N-dealkylation sites (N-methyl/N-ethyl adjacent to an activating group) is 1. The van der Waals surface area contributed by atoms with E-state index in [-0.39, 0.29) is 17.0 Å². The van der Waals surface area contributed by atoms with Crippen molar-refractivity contribution in [2.24, 2.45) is 4.99 Å². The molecule has 9 heteroatoms. The fraction of sp³-hybridized carbons (Fsp3) is 0.294. The first kappa shape index (κ1) is 18.0. The van der Waals surface area contributed by atoms with Crippen molar-refractivity contribution in [3.8, 4) is 5.75 Å². The molecule has 0 radical (unpaired) electrons. The lowest BCUT2D eigenvalue weighted by Gasteiger charge is -2.22. The summed E-state index contributed by atoms with van der Waals surface area (Å²) in [5, 5.41) is 21.3. The van der Waals surface area contributed by atoms with E-state index in [2.05, 4.69) is 9.89 Å². The number of ether oxygens (including phenoxy) is 1. The number of methoxy groups -OCH3 is 1. The molecule has 1 aliphatic heterocycles. The Bertz CT molecular complexity index is 906.